The number of hydrogen-bond donors (Lipinski definition) is 2. The minimum Gasteiger partial charge on any atom is -0.494 e. The molecule has 0 heterocycles. The predicted octanol–water partition coefficient (Wildman–Crippen LogP) is 2.16. The van der Waals surface area contributed by atoms with Crippen LogP contribution in [0.25, 0.3) is 0 Å². The molecule has 3 nitrogen and oxygen atoms in total. The number of aliphatic hydroxyl groups is 2. The fourth-order valence-electron chi connectivity index (χ4n) is 1.43. The lowest BCUT2D eigenvalue weighted by atomic mass is 10.1. The van der Waals surface area contributed by atoms with Gasteiger partial charge >= 0.3 is 0 Å². The van der Waals surface area contributed by atoms with Crippen LogP contribution in [-0.2, 0) is 0 Å². The Labute approximate surface area is 113 Å². The van der Waals surface area contributed by atoms with Gasteiger partial charge in [-0.25, -0.2) is 0 Å². The van der Waals surface area contributed by atoms with E-state index in [-0.39, 0.29) is 6.61 Å². The number of thioether (sulfide) groups is 1. The molecule has 0 spiro atoms. The van der Waals surface area contributed by atoms with Crippen LogP contribution in [0, 0.1) is 13.8 Å². The topological polar surface area (TPSA) is 49.7 Å². The molecule has 0 aliphatic heterocycles. The van der Waals surface area contributed by atoms with E-state index in [1.165, 1.54) is 11.1 Å². The zero-order chi connectivity index (χ0) is 13.4. The Morgan fingerprint density at radius 2 is 2.06 bits per heavy atom. The van der Waals surface area contributed by atoms with E-state index in [0.29, 0.717) is 12.4 Å². The molecule has 0 saturated carbocycles. The number of rotatable bonds is 8. The summed E-state index contributed by atoms with van der Waals surface area (Å²) in [5.41, 5.74) is 2.52. The SMILES string of the molecule is Cc1ccc(OCCCSCC(O)CO)cc1C. The van der Waals surface area contributed by atoms with E-state index in [1.807, 2.05) is 6.07 Å². The highest BCUT2D eigenvalue weighted by Gasteiger charge is 2.01. The zero-order valence-corrected chi connectivity index (χ0v) is 11.9. The lowest BCUT2D eigenvalue weighted by Gasteiger charge is -2.09. The van der Waals surface area contributed by atoms with Gasteiger partial charge in [-0.2, -0.15) is 11.8 Å². The molecule has 0 radical (unpaired) electrons. The second-order valence-electron chi connectivity index (χ2n) is 4.36. The normalized spacial score (nSPS) is 12.4. The maximum absolute atomic E-state index is 9.15. The molecule has 0 fully saturated rings. The summed E-state index contributed by atoms with van der Waals surface area (Å²) in [4.78, 5) is 0. The minimum absolute atomic E-state index is 0.161. The van der Waals surface area contributed by atoms with Crippen molar-refractivity contribution >= 4 is 11.8 Å². The van der Waals surface area contributed by atoms with Crippen LogP contribution in [0.5, 0.6) is 5.75 Å². The van der Waals surface area contributed by atoms with Crippen LogP contribution in [-0.4, -0.2) is 41.0 Å². The summed E-state index contributed by atoms with van der Waals surface area (Å²) < 4.78 is 5.65. The molecular formula is C14H22O3S. The quantitative estimate of drug-likeness (QED) is 0.711. The van der Waals surface area contributed by atoms with Crippen LogP contribution >= 0.6 is 11.8 Å². The van der Waals surface area contributed by atoms with E-state index in [1.54, 1.807) is 11.8 Å². The summed E-state index contributed by atoms with van der Waals surface area (Å²) in [6, 6.07) is 6.11. The second kappa shape index (κ2) is 8.40. The Morgan fingerprint density at radius 3 is 2.72 bits per heavy atom. The van der Waals surface area contributed by atoms with E-state index in [2.05, 4.69) is 26.0 Å². The maximum atomic E-state index is 9.15. The van der Waals surface area contributed by atoms with Crippen molar-refractivity contribution in [2.75, 3.05) is 24.7 Å². The summed E-state index contributed by atoms with van der Waals surface area (Å²) in [7, 11) is 0. The summed E-state index contributed by atoms with van der Waals surface area (Å²) in [6.07, 6.45) is 0.339. The summed E-state index contributed by atoms with van der Waals surface area (Å²) in [6.45, 7) is 4.69. The molecule has 1 unspecified atom stereocenters. The van der Waals surface area contributed by atoms with Crippen molar-refractivity contribution < 1.29 is 14.9 Å². The van der Waals surface area contributed by atoms with Gasteiger partial charge in [-0.3, -0.25) is 0 Å². The largest absolute Gasteiger partial charge is 0.494 e. The third-order valence-electron chi connectivity index (χ3n) is 2.70. The van der Waals surface area contributed by atoms with E-state index in [0.717, 1.165) is 17.9 Å². The van der Waals surface area contributed by atoms with Gasteiger partial charge in [0.25, 0.3) is 0 Å². The van der Waals surface area contributed by atoms with Gasteiger partial charge in [0.1, 0.15) is 5.75 Å². The molecule has 0 aromatic heterocycles. The maximum Gasteiger partial charge on any atom is 0.119 e. The fourth-order valence-corrected chi connectivity index (χ4v) is 2.29. The third-order valence-corrected chi connectivity index (χ3v) is 3.90. The third kappa shape index (κ3) is 5.76. The summed E-state index contributed by atoms with van der Waals surface area (Å²) >= 11 is 1.64. The van der Waals surface area contributed by atoms with Crippen molar-refractivity contribution in [2.24, 2.45) is 0 Å². The average molecular weight is 270 g/mol. The highest BCUT2D eigenvalue weighted by molar-refractivity contribution is 7.99. The van der Waals surface area contributed by atoms with Gasteiger partial charge in [0.2, 0.25) is 0 Å². The highest BCUT2D eigenvalue weighted by Crippen LogP contribution is 2.16. The Bertz CT molecular complexity index is 355. The van der Waals surface area contributed by atoms with Gasteiger partial charge in [0.05, 0.1) is 19.3 Å². The lowest BCUT2D eigenvalue weighted by Crippen LogP contribution is -2.15. The molecule has 1 atom stereocenters. The van der Waals surface area contributed by atoms with Crippen LogP contribution in [0.2, 0.25) is 0 Å². The first-order valence-corrected chi connectivity index (χ1v) is 7.35. The van der Waals surface area contributed by atoms with E-state index >= 15 is 0 Å². The molecule has 0 aliphatic carbocycles. The second-order valence-corrected chi connectivity index (χ2v) is 5.51. The summed E-state index contributed by atoms with van der Waals surface area (Å²) in [5, 5.41) is 17.8. The summed E-state index contributed by atoms with van der Waals surface area (Å²) in [5.74, 6) is 2.43. The molecule has 1 aromatic rings. The first kappa shape index (κ1) is 15.3. The van der Waals surface area contributed by atoms with Crippen molar-refractivity contribution in [1.29, 1.82) is 0 Å². The van der Waals surface area contributed by atoms with Crippen LogP contribution in [0.1, 0.15) is 17.5 Å². The van der Waals surface area contributed by atoms with E-state index < -0.39 is 6.10 Å². The smallest absolute Gasteiger partial charge is 0.119 e. The molecule has 0 amide bonds. The number of aryl methyl sites for hydroxylation is 2. The van der Waals surface area contributed by atoms with Gasteiger partial charge in [0, 0.05) is 5.75 Å². The standard InChI is InChI=1S/C14H22O3S/c1-11-4-5-14(8-12(11)2)17-6-3-7-18-10-13(16)9-15/h4-5,8,13,15-16H,3,6-7,9-10H2,1-2H3. The molecule has 0 bridgehead atoms. The number of ether oxygens (including phenoxy) is 1. The molecule has 0 saturated heterocycles. The van der Waals surface area contributed by atoms with Gasteiger partial charge < -0.3 is 14.9 Å². The van der Waals surface area contributed by atoms with E-state index in [4.69, 9.17) is 14.9 Å². The molecule has 102 valence electrons. The zero-order valence-electron chi connectivity index (χ0n) is 11.1. The molecule has 0 aliphatic rings. The number of hydrogen-bond acceptors (Lipinski definition) is 4. The molecule has 1 aromatic carbocycles. The molecule has 4 heteroatoms. The van der Waals surface area contributed by atoms with Crippen molar-refractivity contribution in [1.82, 2.24) is 0 Å². The average Bonchev–Trinajstić information content (AvgIpc) is 2.37. The Hall–Kier alpha value is -0.710. The van der Waals surface area contributed by atoms with Crippen molar-refractivity contribution in [2.45, 2.75) is 26.4 Å². The van der Waals surface area contributed by atoms with E-state index in [9.17, 15) is 0 Å². The Balaban J connectivity index is 2.12. The van der Waals surface area contributed by atoms with Crippen LogP contribution in [0.4, 0.5) is 0 Å². The van der Waals surface area contributed by atoms with Crippen LogP contribution in [0.15, 0.2) is 18.2 Å². The van der Waals surface area contributed by atoms with Gasteiger partial charge in [-0.05, 0) is 49.3 Å². The molecule has 2 N–H and O–H groups in total. The van der Waals surface area contributed by atoms with Crippen molar-refractivity contribution in [3.8, 4) is 5.75 Å². The fraction of sp³-hybridized carbons (Fsp3) is 0.571. The van der Waals surface area contributed by atoms with Crippen molar-refractivity contribution in [3.05, 3.63) is 29.3 Å². The van der Waals surface area contributed by atoms with Crippen LogP contribution < -0.4 is 4.74 Å². The van der Waals surface area contributed by atoms with Crippen molar-refractivity contribution in [3.63, 3.8) is 0 Å². The van der Waals surface area contributed by atoms with Gasteiger partial charge in [-0.1, -0.05) is 6.07 Å². The lowest BCUT2D eigenvalue weighted by molar-refractivity contribution is 0.113. The highest BCUT2D eigenvalue weighted by atomic mass is 32.2. The molecule has 18 heavy (non-hydrogen) atoms. The number of benzene rings is 1. The van der Waals surface area contributed by atoms with Gasteiger partial charge in [0.15, 0.2) is 0 Å². The molecular weight excluding hydrogens is 248 g/mol. The first-order chi connectivity index (χ1) is 8.63. The van der Waals surface area contributed by atoms with Gasteiger partial charge in [-0.15, -0.1) is 0 Å². The predicted molar refractivity (Wildman–Crippen MR) is 76.4 cm³/mol. The Kier molecular flexibility index (Phi) is 7.16. The van der Waals surface area contributed by atoms with Crippen LogP contribution in [0.3, 0.4) is 0 Å². The number of aliphatic hydroxyl groups excluding tert-OH is 2. The Morgan fingerprint density at radius 1 is 1.28 bits per heavy atom. The molecule has 1 rings (SSSR count). The first-order valence-electron chi connectivity index (χ1n) is 6.20. The minimum atomic E-state index is -0.601. The monoisotopic (exact) mass is 270 g/mol.